The molecule has 0 spiro atoms. The highest BCUT2D eigenvalue weighted by atomic mass is 35.5. The van der Waals surface area contributed by atoms with E-state index in [1.54, 1.807) is 19.1 Å². The molecule has 0 radical (unpaired) electrons. The molecular weight excluding hydrogens is 430 g/mol. The number of rotatable bonds is 5. The van der Waals surface area contributed by atoms with Gasteiger partial charge in [0.25, 0.3) is 11.8 Å². The van der Waals surface area contributed by atoms with Crippen molar-refractivity contribution in [2.24, 2.45) is 0 Å². The molecule has 10 heteroatoms. The molecule has 2 N–H and O–H groups in total. The van der Waals surface area contributed by atoms with Crippen molar-refractivity contribution < 1.29 is 22.7 Å². The molecule has 2 aromatic carbocycles. The summed E-state index contributed by atoms with van der Waals surface area (Å²) in [7, 11) is -2.25. The highest BCUT2D eigenvalue weighted by Gasteiger charge is 2.27. The van der Waals surface area contributed by atoms with Crippen LogP contribution in [0.5, 0.6) is 0 Å². The van der Waals surface area contributed by atoms with Gasteiger partial charge >= 0.3 is 0 Å². The minimum atomic E-state index is -3.73. The van der Waals surface area contributed by atoms with Crippen molar-refractivity contribution in [3.8, 4) is 0 Å². The average molecular weight is 452 g/mol. The second-order valence-electron chi connectivity index (χ2n) is 6.72. The topological polar surface area (TPSA) is 105 Å². The number of aryl methyl sites for hydroxylation is 1. The van der Waals surface area contributed by atoms with Crippen molar-refractivity contribution in [1.82, 2.24) is 9.62 Å². The third kappa shape index (κ3) is 4.65. The van der Waals surface area contributed by atoms with E-state index in [4.69, 9.17) is 16.3 Å². The molecule has 160 valence electrons. The van der Waals surface area contributed by atoms with E-state index in [9.17, 15) is 18.0 Å². The van der Waals surface area contributed by atoms with Crippen LogP contribution in [0.1, 0.15) is 26.3 Å². The van der Waals surface area contributed by atoms with Crippen molar-refractivity contribution in [3.05, 3.63) is 58.1 Å². The zero-order chi connectivity index (χ0) is 21.9. The van der Waals surface area contributed by atoms with Gasteiger partial charge < -0.3 is 15.4 Å². The molecule has 30 heavy (non-hydrogen) atoms. The predicted octanol–water partition coefficient (Wildman–Crippen LogP) is 2.28. The fourth-order valence-corrected chi connectivity index (χ4v) is 4.69. The Kier molecular flexibility index (Phi) is 6.77. The number of anilines is 1. The number of hydrogen-bond acceptors (Lipinski definition) is 5. The monoisotopic (exact) mass is 451 g/mol. The molecule has 0 aromatic heterocycles. The van der Waals surface area contributed by atoms with Gasteiger partial charge in [-0.25, -0.2) is 8.42 Å². The van der Waals surface area contributed by atoms with Crippen molar-refractivity contribution >= 4 is 39.1 Å². The molecule has 3 rings (SSSR count). The largest absolute Gasteiger partial charge is 0.379 e. The Balaban J connectivity index is 1.88. The van der Waals surface area contributed by atoms with E-state index >= 15 is 0 Å². The summed E-state index contributed by atoms with van der Waals surface area (Å²) in [6, 6.07) is 8.99. The van der Waals surface area contributed by atoms with E-state index in [1.165, 1.54) is 35.6 Å². The molecule has 8 nitrogen and oxygen atoms in total. The summed E-state index contributed by atoms with van der Waals surface area (Å²) in [5.74, 6) is -0.873. The molecule has 0 unspecified atom stereocenters. The van der Waals surface area contributed by atoms with E-state index in [1.807, 2.05) is 0 Å². The number of ether oxygens (including phenoxy) is 1. The van der Waals surface area contributed by atoms with Crippen molar-refractivity contribution in [2.75, 3.05) is 38.7 Å². The van der Waals surface area contributed by atoms with Crippen LogP contribution >= 0.6 is 11.6 Å². The number of hydrogen-bond donors (Lipinski definition) is 2. The predicted molar refractivity (Wildman–Crippen MR) is 114 cm³/mol. The first-order valence-electron chi connectivity index (χ1n) is 9.25. The first-order valence-corrected chi connectivity index (χ1v) is 11.1. The second kappa shape index (κ2) is 9.13. The van der Waals surface area contributed by atoms with Gasteiger partial charge in [-0.15, -0.1) is 0 Å². The highest BCUT2D eigenvalue weighted by molar-refractivity contribution is 7.89. The number of carbonyl (C=O) groups is 2. The fraction of sp³-hybridized carbons (Fsp3) is 0.300. The Bertz CT molecular complexity index is 1080. The van der Waals surface area contributed by atoms with Gasteiger partial charge in [0.15, 0.2) is 0 Å². The van der Waals surface area contributed by atoms with E-state index in [2.05, 4.69) is 10.6 Å². The summed E-state index contributed by atoms with van der Waals surface area (Å²) >= 11 is 6.04. The summed E-state index contributed by atoms with van der Waals surface area (Å²) in [6.45, 7) is 2.93. The molecule has 1 aliphatic heterocycles. The first kappa shape index (κ1) is 22.2. The molecule has 0 saturated carbocycles. The van der Waals surface area contributed by atoms with Crippen LogP contribution in [0.4, 0.5) is 5.69 Å². The van der Waals surface area contributed by atoms with Crippen LogP contribution in [0.15, 0.2) is 41.3 Å². The number of nitrogens with one attached hydrogen (secondary N) is 2. The van der Waals surface area contributed by atoms with Crippen LogP contribution in [0.3, 0.4) is 0 Å². The van der Waals surface area contributed by atoms with Crippen molar-refractivity contribution in [1.29, 1.82) is 0 Å². The number of nitrogens with zero attached hydrogens (tertiary/aromatic N) is 1. The third-order valence-electron chi connectivity index (χ3n) is 4.76. The normalized spacial score (nSPS) is 14.9. The van der Waals surface area contributed by atoms with Crippen molar-refractivity contribution in [3.63, 3.8) is 0 Å². The van der Waals surface area contributed by atoms with Crippen molar-refractivity contribution in [2.45, 2.75) is 11.8 Å². The van der Waals surface area contributed by atoms with Gasteiger partial charge in [-0.2, -0.15) is 4.31 Å². The molecule has 1 saturated heterocycles. The van der Waals surface area contributed by atoms with Crippen LogP contribution in [-0.2, 0) is 14.8 Å². The van der Waals surface area contributed by atoms with Gasteiger partial charge in [-0.3, -0.25) is 9.59 Å². The standard InChI is InChI=1S/C20H22ClN3O5S/c1-13-3-5-15(30(27,28)24-7-9-29-10-8-24)12-16(13)20(26)23-14-4-6-18(21)17(11-14)19(25)22-2/h3-6,11-12H,7-10H2,1-2H3,(H,22,25)(H,23,26). The number of amides is 2. The number of benzene rings is 2. The van der Waals surface area contributed by atoms with Crippen LogP contribution in [-0.4, -0.2) is 57.9 Å². The molecule has 0 atom stereocenters. The van der Waals surface area contributed by atoms with Gasteiger partial charge in [0.05, 0.1) is 28.7 Å². The molecule has 0 bridgehead atoms. The van der Waals surface area contributed by atoms with E-state index in [0.717, 1.165) is 0 Å². The zero-order valence-electron chi connectivity index (χ0n) is 16.6. The number of halogens is 1. The first-order chi connectivity index (χ1) is 14.2. The van der Waals surface area contributed by atoms with Crippen LogP contribution in [0.2, 0.25) is 5.02 Å². The number of morpholine rings is 1. The lowest BCUT2D eigenvalue weighted by Gasteiger charge is -2.26. The van der Waals surface area contributed by atoms with Crippen LogP contribution in [0.25, 0.3) is 0 Å². The van der Waals surface area contributed by atoms with E-state index < -0.39 is 15.9 Å². The maximum Gasteiger partial charge on any atom is 0.255 e. The number of sulfonamides is 1. The summed E-state index contributed by atoms with van der Waals surface area (Å²) < 4.78 is 32.4. The quantitative estimate of drug-likeness (QED) is 0.725. The number of carbonyl (C=O) groups excluding carboxylic acids is 2. The van der Waals surface area contributed by atoms with E-state index in [-0.39, 0.29) is 40.0 Å². The van der Waals surface area contributed by atoms with E-state index in [0.29, 0.717) is 24.5 Å². The Labute approximate surface area is 180 Å². The third-order valence-corrected chi connectivity index (χ3v) is 6.98. The lowest BCUT2D eigenvalue weighted by atomic mass is 10.1. The maximum atomic E-state index is 12.9. The summed E-state index contributed by atoms with van der Waals surface area (Å²) in [4.78, 5) is 24.8. The molecule has 2 aromatic rings. The second-order valence-corrected chi connectivity index (χ2v) is 9.07. The molecule has 1 aliphatic rings. The Hall–Kier alpha value is -2.46. The van der Waals surface area contributed by atoms with Gasteiger partial charge in [0, 0.05) is 31.4 Å². The Morgan fingerprint density at radius 1 is 1.03 bits per heavy atom. The SMILES string of the molecule is CNC(=O)c1cc(NC(=O)c2cc(S(=O)(=O)N3CCOCC3)ccc2C)ccc1Cl. The fourth-order valence-electron chi connectivity index (χ4n) is 3.05. The lowest BCUT2D eigenvalue weighted by molar-refractivity contribution is 0.0730. The van der Waals surface area contributed by atoms with Crippen LogP contribution in [0, 0.1) is 6.92 Å². The minimum Gasteiger partial charge on any atom is -0.379 e. The van der Waals surface area contributed by atoms with Gasteiger partial charge in [0.2, 0.25) is 10.0 Å². The minimum absolute atomic E-state index is 0.0438. The molecule has 1 heterocycles. The highest BCUT2D eigenvalue weighted by Crippen LogP contribution is 2.24. The molecule has 1 fully saturated rings. The molecule has 0 aliphatic carbocycles. The van der Waals surface area contributed by atoms with Gasteiger partial charge in [-0.05, 0) is 42.8 Å². The van der Waals surface area contributed by atoms with Gasteiger partial charge in [-0.1, -0.05) is 17.7 Å². The summed E-state index contributed by atoms with van der Waals surface area (Å²) in [5, 5.41) is 5.43. The summed E-state index contributed by atoms with van der Waals surface area (Å²) in [6.07, 6.45) is 0. The van der Waals surface area contributed by atoms with Crippen LogP contribution < -0.4 is 10.6 Å². The average Bonchev–Trinajstić information content (AvgIpc) is 2.75. The van der Waals surface area contributed by atoms with Gasteiger partial charge in [0.1, 0.15) is 0 Å². The lowest BCUT2D eigenvalue weighted by Crippen LogP contribution is -2.40. The Morgan fingerprint density at radius 2 is 1.73 bits per heavy atom. The Morgan fingerprint density at radius 3 is 2.40 bits per heavy atom. The maximum absolute atomic E-state index is 12.9. The zero-order valence-corrected chi connectivity index (χ0v) is 18.1. The molecule has 2 amide bonds. The molecular formula is C20H22ClN3O5S. The summed E-state index contributed by atoms with van der Waals surface area (Å²) in [5.41, 5.74) is 1.43. The smallest absolute Gasteiger partial charge is 0.255 e.